The fraction of sp³-hybridized carbons (Fsp3) is 0.250. The lowest BCUT2D eigenvalue weighted by atomic mass is 10.1. The number of alkyl halides is 2. The van der Waals surface area contributed by atoms with Crippen molar-refractivity contribution in [3.05, 3.63) is 59.9 Å². The monoisotopic (exact) mass is 322 g/mol. The van der Waals surface area contributed by atoms with Crippen molar-refractivity contribution in [1.29, 1.82) is 0 Å². The molecule has 0 saturated carbocycles. The molecule has 0 aliphatic carbocycles. The zero-order valence-electron chi connectivity index (χ0n) is 12.2. The predicted molar refractivity (Wildman–Crippen MR) is 79.0 cm³/mol. The number of carbonyl (C=O) groups excluding carboxylic acids is 1. The molecule has 0 bridgehead atoms. The van der Waals surface area contributed by atoms with Gasteiger partial charge in [0.25, 0.3) is 0 Å². The quantitative estimate of drug-likeness (QED) is 0.819. The van der Waals surface area contributed by atoms with Crippen LogP contribution in [0.25, 0.3) is 0 Å². The van der Waals surface area contributed by atoms with Gasteiger partial charge in [-0.05, 0) is 29.3 Å². The van der Waals surface area contributed by atoms with Gasteiger partial charge in [-0.3, -0.25) is 9.78 Å². The second kappa shape index (κ2) is 8.19. The van der Waals surface area contributed by atoms with Gasteiger partial charge in [-0.2, -0.15) is 8.78 Å². The molecule has 1 aromatic heterocycles. The molecule has 0 aliphatic heterocycles. The van der Waals surface area contributed by atoms with Crippen molar-refractivity contribution in [2.24, 2.45) is 0 Å². The minimum absolute atomic E-state index is 0.0305. The Morgan fingerprint density at radius 2 is 2.13 bits per heavy atom. The van der Waals surface area contributed by atoms with Gasteiger partial charge < -0.3 is 15.2 Å². The average molecular weight is 322 g/mol. The number of aromatic nitrogens is 1. The highest BCUT2D eigenvalue weighted by Crippen LogP contribution is 2.20. The van der Waals surface area contributed by atoms with E-state index in [9.17, 15) is 18.7 Å². The topological polar surface area (TPSA) is 71.5 Å². The molecule has 23 heavy (non-hydrogen) atoms. The summed E-state index contributed by atoms with van der Waals surface area (Å²) in [5.74, 6) is -0.310. The van der Waals surface area contributed by atoms with Gasteiger partial charge in [0.1, 0.15) is 5.75 Å². The maximum atomic E-state index is 12.2. The SMILES string of the molecule is O=C(Cc1cccnc1)NCC(O)c1cccc(OC(F)F)c1. The third-order valence-corrected chi connectivity index (χ3v) is 3.05. The van der Waals surface area contributed by atoms with Gasteiger partial charge in [-0.15, -0.1) is 0 Å². The summed E-state index contributed by atoms with van der Waals surface area (Å²) < 4.78 is 28.6. The van der Waals surface area contributed by atoms with Crippen LogP contribution in [0.15, 0.2) is 48.8 Å². The first-order chi connectivity index (χ1) is 11.0. The number of benzene rings is 1. The first kappa shape index (κ1) is 16.8. The predicted octanol–water partition coefficient (Wildman–Crippen LogP) is 2.08. The molecule has 1 atom stereocenters. The van der Waals surface area contributed by atoms with Gasteiger partial charge in [-0.25, -0.2) is 0 Å². The third kappa shape index (κ3) is 5.63. The maximum absolute atomic E-state index is 12.2. The molecule has 0 spiro atoms. The van der Waals surface area contributed by atoms with Crippen LogP contribution in [-0.2, 0) is 11.2 Å². The zero-order chi connectivity index (χ0) is 16.7. The Morgan fingerprint density at radius 3 is 2.83 bits per heavy atom. The normalized spacial score (nSPS) is 12.0. The molecule has 0 aliphatic rings. The lowest BCUT2D eigenvalue weighted by molar-refractivity contribution is -0.120. The van der Waals surface area contributed by atoms with Crippen LogP contribution in [0.5, 0.6) is 5.75 Å². The highest BCUT2D eigenvalue weighted by Gasteiger charge is 2.12. The third-order valence-electron chi connectivity index (χ3n) is 3.05. The lowest BCUT2D eigenvalue weighted by Gasteiger charge is -2.13. The molecule has 122 valence electrons. The number of hydrogen-bond acceptors (Lipinski definition) is 4. The van der Waals surface area contributed by atoms with Gasteiger partial charge in [0.2, 0.25) is 5.91 Å². The van der Waals surface area contributed by atoms with Crippen LogP contribution in [0.2, 0.25) is 0 Å². The summed E-state index contributed by atoms with van der Waals surface area (Å²) in [6.07, 6.45) is 2.32. The van der Waals surface area contributed by atoms with Gasteiger partial charge in [0.05, 0.1) is 12.5 Å². The molecule has 1 amide bonds. The summed E-state index contributed by atoms with van der Waals surface area (Å²) in [5.41, 5.74) is 1.14. The van der Waals surface area contributed by atoms with E-state index in [1.54, 1.807) is 30.6 Å². The number of aliphatic hydroxyl groups excluding tert-OH is 1. The Morgan fingerprint density at radius 1 is 1.30 bits per heavy atom. The Hall–Kier alpha value is -2.54. The van der Waals surface area contributed by atoms with Crippen LogP contribution in [0.1, 0.15) is 17.2 Å². The molecule has 0 saturated heterocycles. The van der Waals surface area contributed by atoms with Gasteiger partial charge in [0, 0.05) is 18.9 Å². The second-order valence-corrected chi connectivity index (χ2v) is 4.81. The minimum Gasteiger partial charge on any atom is -0.435 e. The van der Waals surface area contributed by atoms with E-state index in [0.717, 1.165) is 5.56 Å². The highest BCUT2D eigenvalue weighted by molar-refractivity contribution is 5.78. The summed E-state index contributed by atoms with van der Waals surface area (Å²) in [6.45, 7) is -2.96. The average Bonchev–Trinajstić information content (AvgIpc) is 2.53. The second-order valence-electron chi connectivity index (χ2n) is 4.81. The van der Waals surface area contributed by atoms with Crippen LogP contribution in [0, 0.1) is 0 Å². The largest absolute Gasteiger partial charge is 0.435 e. The lowest BCUT2D eigenvalue weighted by Crippen LogP contribution is -2.29. The van der Waals surface area contributed by atoms with Crippen molar-refractivity contribution in [2.75, 3.05) is 6.54 Å². The number of nitrogens with zero attached hydrogens (tertiary/aromatic N) is 1. The minimum atomic E-state index is -2.93. The number of aliphatic hydroxyl groups is 1. The molecule has 1 aromatic carbocycles. The van der Waals surface area contributed by atoms with Crippen LogP contribution >= 0.6 is 0 Å². The van der Waals surface area contributed by atoms with Crippen LogP contribution < -0.4 is 10.1 Å². The summed E-state index contributed by atoms with van der Waals surface area (Å²) in [7, 11) is 0. The Balaban J connectivity index is 1.86. The molecule has 2 N–H and O–H groups in total. The maximum Gasteiger partial charge on any atom is 0.387 e. The standard InChI is InChI=1S/C16H16F2N2O3/c17-16(18)23-13-5-1-4-12(8-13)14(21)10-20-15(22)7-11-3-2-6-19-9-11/h1-6,8-9,14,16,21H,7,10H2,(H,20,22). The molecule has 2 rings (SSSR count). The summed E-state index contributed by atoms with van der Waals surface area (Å²) >= 11 is 0. The van der Waals surface area contributed by atoms with E-state index in [-0.39, 0.29) is 24.6 Å². The Bertz CT molecular complexity index is 638. The smallest absolute Gasteiger partial charge is 0.387 e. The molecule has 0 fully saturated rings. The summed E-state index contributed by atoms with van der Waals surface area (Å²) in [5, 5.41) is 12.6. The van der Waals surface area contributed by atoms with Gasteiger partial charge >= 0.3 is 6.61 Å². The van der Waals surface area contributed by atoms with Crippen LogP contribution in [-0.4, -0.2) is 29.2 Å². The number of carbonyl (C=O) groups is 1. The van der Waals surface area contributed by atoms with E-state index in [1.807, 2.05) is 0 Å². The Kier molecular flexibility index (Phi) is 5.99. The number of pyridine rings is 1. The van der Waals surface area contributed by atoms with Crippen LogP contribution in [0.3, 0.4) is 0 Å². The van der Waals surface area contributed by atoms with E-state index in [0.29, 0.717) is 5.56 Å². The molecule has 0 radical (unpaired) electrons. The number of ether oxygens (including phenoxy) is 1. The molecular formula is C16H16F2N2O3. The summed E-state index contributed by atoms with van der Waals surface area (Å²) in [6, 6.07) is 9.23. The van der Waals surface area contributed by atoms with Crippen molar-refractivity contribution in [2.45, 2.75) is 19.1 Å². The van der Waals surface area contributed by atoms with E-state index in [1.165, 1.54) is 18.2 Å². The summed E-state index contributed by atoms with van der Waals surface area (Å²) in [4.78, 5) is 15.7. The molecule has 1 unspecified atom stereocenters. The van der Waals surface area contributed by atoms with Crippen molar-refractivity contribution in [3.8, 4) is 5.75 Å². The van der Waals surface area contributed by atoms with Gasteiger partial charge in [0.15, 0.2) is 0 Å². The van der Waals surface area contributed by atoms with E-state index in [4.69, 9.17) is 0 Å². The molecule has 2 aromatic rings. The molecule has 5 nitrogen and oxygen atoms in total. The van der Waals surface area contributed by atoms with E-state index in [2.05, 4.69) is 15.0 Å². The van der Waals surface area contributed by atoms with Crippen molar-refractivity contribution < 1.29 is 23.4 Å². The van der Waals surface area contributed by atoms with E-state index < -0.39 is 12.7 Å². The van der Waals surface area contributed by atoms with E-state index >= 15 is 0 Å². The Labute approximate surface area is 131 Å². The number of rotatable bonds is 7. The molecule has 1 heterocycles. The first-order valence-electron chi connectivity index (χ1n) is 6.93. The van der Waals surface area contributed by atoms with Crippen molar-refractivity contribution in [1.82, 2.24) is 10.3 Å². The highest BCUT2D eigenvalue weighted by atomic mass is 19.3. The van der Waals surface area contributed by atoms with Crippen LogP contribution in [0.4, 0.5) is 8.78 Å². The number of nitrogens with one attached hydrogen (secondary N) is 1. The number of amides is 1. The number of hydrogen-bond donors (Lipinski definition) is 2. The van der Waals surface area contributed by atoms with Crippen molar-refractivity contribution in [3.63, 3.8) is 0 Å². The van der Waals surface area contributed by atoms with Gasteiger partial charge in [-0.1, -0.05) is 18.2 Å². The fourth-order valence-electron chi connectivity index (χ4n) is 1.98. The molecular weight excluding hydrogens is 306 g/mol. The fourth-order valence-corrected chi connectivity index (χ4v) is 1.98. The van der Waals surface area contributed by atoms with Crippen molar-refractivity contribution >= 4 is 5.91 Å². The number of halogens is 2. The zero-order valence-corrected chi connectivity index (χ0v) is 12.2. The molecule has 7 heteroatoms. The first-order valence-corrected chi connectivity index (χ1v) is 6.93.